The van der Waals surface area contributed by atoms with Crippen LogP contribution >= 0.6 is 0 Å². The average Bonchev–Trinajstić information content (AvgIpc) is 3.00. The van der Waals surface area contributed by atoms with Gasteiger partial charge < -0.3 is 5.32 Å². The number of hydrogen-bond acceptors (Lipinski definition) is 5. The molecular weight excluding hydrogens is 326 g/mol. The Morgan fingerprint density at radius 1 is 0.962 bits per heavy atom. The molecule has 2 heterocycles. The molecule has 0 unspecified atom stereocenters. The Morgan fingerprint density at radius 3 is 2.73 bits per heavy atom. The summed E-state index contributed by atoms with van der Waals surface area (Å²) in [5, 5.41) is 8.67. The lowest BCUT2D eigenvalue weighted by atomic mass is 9.97. The molecule has 0 fully saturated rings. The first-order chi connectivity index (χ1) is 12.7. The molecule has 1 aliphatic heterocycles. The molecule has 1 amide bonds. The number of aromatic nitrogens is 2. The summed E-state index contributed by atoms with van der Waals surface area (Å²) in [6, 6.07) is 16.6. The molecule has 4 aromatic rings. The monoisotopic (exact) mass is 339 g/mol. The minimum atomic E-state index is -0.246. The SMILES string of the molecule is NN1CNC(=O)c2nc3c(nc21)-c1cccc2cc4ccccc4c-3c12. The smallest absolute Gasteiger partial charge is 0.275 e. The molecule has 6 heteroatoms. The number of nitrogens with zero attached hydrogens (tertiary/aromatic N) is 3. The Morgan fingerprint density at radius 2 is 1.81 bits per heavy atom. The van der Waals surface area contributed by atoms with Gasteiger partial charge in [-0.2, -0.15) is 0 Å². The molecule has 2 aliphatic rings. The maximum Gasteiger partial charge on any atom is 0.275 e. The number of amides is 1. The van der Waals surface area contributed by atoms with Gasteiger partial charge in [0.05, 0.1) is 11.4 Å². The van der Waals surface area contributed by atoms with Gasteiger partial charge in [0.15, 0.2) is 11.5 Å². The van der Waals surface area contributed by atoms with Crippen molar-refractivity contribution >= 4 is 33.3 Å². The van der Waals surface area contributed by atoms with Gasteiger partial charge in [-0.3, -0.25) is 9.80 Å². The number of hydrogen-bond donors (Lipinski definition) is 2. The van der Waals surface area contributed by atoms with E-state index < -0.39 is 0 Å². The summed E-state index contributed by atoms with van der Waals surface area (Å²) in [6.07, 6.45) is 0. The lowest BCUT2D eigenvalue weighted by molar-refractivity contribution is 0.0941. The van der Waals surface area contributed by atoms with Gasteiger partial charge in [0.2, 0.25) is 0 Å². The Balaban J connectivity index is 1.81. The number of carbonyl (C=O) groups is 1. The van der Waals surface area contributed by atoms with Crippen molar-refractivity contribution in [1.29, 1.82) is 0 Å². The van der Waals surface area contributed by atoms with Crippen molar-refractivity contribution in [3.63, 3.8) is 0 Å². The normalized spacial score (nSPS) is 14.5. The molecule has 0 atom stereocenters. The highest BCUT2D eigenvalue weighted by Crippen LogP contribution is 2.49. The van der Waals surface area contributed by atoms with Crippen molar-refractivity contribution in [1.82, 2.24) is 15.3 Å². The summed E-state index contributed by atoms with van der Waals surface area (Å²) in [5.41, 5.74) is 3.88. The van der Waals surface area contributed by atoms with Gasteiger partial charge in [0.25, 0.3) is 5.91 Å². The molecule has 1 aliphatic carbocycles. The van der Waals surface area contributed by atoms with Crippen LogP contribution in [0.1, 0.15) is 10.5 Å². The molecule has 0 bridgehead atoms. The van der Waals surface area contributed by atoms with Gasteiger partial charge >= 0.3 is 0 Å². The predicted molar refractivity (Wildman–Crippen MR) is 100 cm³/mol. The van der Waals surface area contributed by atoms with E-state index >= 15 is 0 Å². The zero-order valence-electron chi connectivity index (χ0n) is 13.7. The van der Waals surface area contributed by atoms with E-state index in [4.69, 9.17) is 15.8 Å². The van der Waals surface area contributed by atoms with Gasteiger partial charge in [-0.15, -0.1) is 0 Å². The highest BCUT2D eigenvalue weighted by molar-refractivity contribution is 6.22. The van der Waals surface area contributed by atoms with Crippen LogP contribution < -0.4 is 16.2 Å². The third kappa shape index (κ3) is 1.57. The quantitative estimate of drug-likeness (QED) is 0.335. The molecule has 3 N–H and O–H groups in total. The van der Waals surface area contributed by atoms with Crippen molar-refractivity contribution in [3.05, 3.63) is 54.2 Å². The third-order valence-corrected chi connectivity index (χ3v) is 5.15. The second kappa shape index (κ2) is 4.56. The van der Waals surface area contributed by atoms with Crippen LogP contribution in [0.25, 0.3) is 44.1 Å². The molecule has 0 saturated heterocycles. The highest BCUT2D eigenvalue weighted by atomic mass is 16.2. The Labute approximate surface area is 148 Å². The van der Waals surface area contributed by atoms with Crippen LogP contribution in [0.3, 0.4) is 0 Å². The largest absolute Gasteiger partial charge is 0.332 e. The maximum atomic E-state index is 12.3. The maximum absolute atomic E-state index is 12.3. The molecule has 0 saturated carbocycles. The number of carbonyl (C=O) groups excluding carboxylic acids is 1. The molecule has 0 spiro atoms. The number of nitrogens with two attached hydrogens (primary N) is 1. The van der Waals surface area contributed by atoms with E-state index in [-0.39, 0.29) is 18.3 Å². The van der Waals surface area contributed by atoms with Crippen molar-refractivity contribution in [2.45, 2.75) is 0 Å². The number of benzene rings is 3. The molecule has 6 nitrogen and oxygen atoms in total. The highest BCUT2D eigenvalue weighted by Gasteiger charge is 2.32. The Kier molecular flexibility index (Phi) is 2.41. The zero-order chi connectivity index (χ0) is 17.4. The molecule has 26 heavy (non-hydrogen) atoms. The fourth-order valence-electron chi connectivity index (χ4n) is 4.02. The summed E-state index contributed by atoms with van der Waals surface area (Å²) < 4.78 is 0. The molecule has 124 valence electrons. The lowest BCUT2D eigenvalue weighted by Crippen LogP contribution is -2.48. The van der Waals surface area contributed by atoms with Crippen molar-refractivity contribution in [2.24, 2.45) is 5.84 Å². The molecule has 0 radical (unpaired) electrons. The fourth-order valence-corrected chi connectivity index (χ4v) is 4.02. The van der Waals surface area contributed by atoms with E-state index in [2.05, 4.69) is 35.6 Å². The van der Waals surface area contributed by atoms with Crippen molar-refractivity contribution < 1.29 is 4.79 Å². The predicted octanol–water partition coefficient (Wildman–Crippen LogP) is 2.81. The number of hydrazine groups is 1. The van der Waals surface area contributed by atoms with Crippen LogP contribution in [0.4, 0.5) is 5.82 Å². The fraction of sp³-hybridized carbons (Fsp3) is 0.0500. The van der Waals surface area contributed by atoms with E-state index in [0.717, 1.165) is 44.1 Å². The number of nitrogens with one attached hydrogen (secondary N) is 1. The summed E-state index contributed by atoms with van der Waals surface area (Å²) >= 11 is 0. The summed E-state index contributed by atoms with van der Waals surface area (Å²) in [6.45, 7) is 0.222. The summed E-state index contributed by atoms with van der Waals surface area (Å²) in [5.74, 6) is 6.18. The zero-order valence-corrected chi connectivity index (χ0v) is 13.7. The van der Waals surface area contributed by atoms with E-state index in [1.165, 1.54) is 5.01 Å². The first-order valence-electron chi connectivity index (χ1n) is 8.40. The molecule has 6 rings (SSSR count). The van der Waals surface area contributed by atoms with E-state index in [1.54, 1.807) is 0 Å². The summed E-state index contributed by atoms with van der Waals surface area (Å²) in [7, 11) is 0. The topological polar surface area (TPSA) is 84.1 Å². The van der Waals surface area contributed by atoms with Gasteiger partial charge in [0.1, 0.15) is 6.67 Å². The molecule has 1 aromatic heterocycles. The van der Waals surface area contributed by atoms with Crippen LogP contribution in [0, 0.1) is 0 Å². The van der Waals surface area contributed by atoms with Gasteiger partial charge in [-0.25, -0.2) is 15.8 Å². The van der Waals surface area contributed by atoms with Crippen molar-refractivity contribution in [2.75, 3.05) is 11.7 Å². The van der Waals surface area contributed by atoms with Gasteiger partial charge in [-0.05, 0) is 22.2 Å². The Hall–Kier alpha value is -3.51. The third-order valence-electron chi connectivity index (χ3n) is 5.15. The number of rotatable bonds is 0. The van der Waals surface area contributed by atoms with E-state index in [1.807, 2.05) is 18.2 Å². The second-order valence-electron chi connectivity index (χ2n) is 6.60. The lowest BCUT2D eigenvalue weighted by Gasteiger charge is -2.25. The first kappa shape index (κ1) is 13.7. The van der Waals surface area contributed by atoms with E-state index in [9.17, 15) is 4.79 Å². The second-order valence-corrected chi connectivity index (χ2v) is 6.60. The molecule has 3 aromatic carbocycles. The van der Waals surface area contributed by atoms with Crippen LogP contribution in [0.5, 0.6) is 0 Å². The van der Waals surface area contributed by atoms with Crippen LogP contribution in [0.2, 0.25) is 0 Å². The van der Waals surface area contributed by atoms with E-state index in [0.29, 0.717) is 5.82 Å². The van der Waals surface area contributed by atoms with Gasteiger partial charge in [-0.1, -0.05) is 42.5 Å². The average molecular weight is 339 g/mol. The number of fused-ring (bicyclic) bond motifs is 6. The van der Waals surface area contributed by atoms with Crippen LogP contribution in [-0.4, -0.2) is 22.5 Å². The van der Waals surface area contributed by atoms with Gasteiger partial charge in [0, 0.05) is 16.5 Å². The molecular formula is C20H13N5O. The first-order valence-corrected chi connectivity index (χ1v) is 8.40. The Bertz CT molecular complexity index is 1280. The minimum Gasteiger partial charge on any atom is -0.332 e. The summed E-state index contributed by atoms with van der Waals surface area (Å²) in [4.78, 5) is 21.8. The number of anilines is 1. The minimum absolute atomic E-state index is 0.222. The van der Waals surface area contributed by atoms with Crippen LogP contribution in [-0.2, 0) is 0 Å². The van der Waals surface area contributed by atoms with Crippen LogP contribution in [0.15, 0.2) is 48.5 Å². The van der Waals surface area contributed by atoms with Crippen molar-refractivity contribution in [3.8, 4) is 22.5 Å². The standard InChI is InChI=1S/C20H13N5O/c21-25-9-22-20(26)18-19(25)24-16-13-7-3-5-11-8-10-4-1-2-6-12(10)15(14(11)13)17(16)23-18/h1-8H,9,21H2,(H,22,26).